The number of hydrogen-bond donors (Lipinski definition) is 1. The second-order valence-electron chi connectivity index (χ2n) is 6.72. The number of aliphatic hydroxyl groups is 1. The van der Waals surface area contributed by atoms with Gasteiger partial charge in [-0.15, -0.1) is 0 Å². The Bertz CT molecular complexity index is 687. The van der Waals surface area contributed by atoms with Crippen molar-refractivity contribution in [2.45, 2.75) is 55.9 Å². The number of halogens is 7. The van der Waals surface area contributed by atoms with Gasteiger partial charge in [-0.2, -0.15) is 18.3 Å². The van der Waals surface area contributed by atoms with Gasteiger partial charge in [0, 0.05) is 17.4 Å². The van der Waals surface area contributed by atoms with Crippen LogP contribution in [0.15, 0.2) is 0 Å². The average molecular weight is 344 g/mol. The first-order valence-electron chi connectivity index (χ1n) is 7.00. The number of alkyl halides is 7. The van der Waals surface area contributed by atoms with E-state index in [9.17, 15) is 35.8 Å². The molecule has 0 saturated heterocycles. The molecule has 2 saturated carbocycles. The minimum atomic E-state index is -5.00. The molecule has 1 N–H and O–H groups in total. The lowest BCUT2D eigenvalue weighted by Gasteiger charge is -2.36. The number of nitrogens with zero attached hydrogens (tertiary/aromatic N) is 2. The van der Waals surface area contributed by atoms with Gasteiger partial charge >= 0.3 is 6.18 Å². The standard InChI is InChI=1S/C13H11F7N2O/c14-11(15)3-6-7(9(11)23)8(13(18,19)20)21-22(6)5-1-10(2-5)4-12(10,16)17/h5,9,23H,1-4H2/t5-,9-,10+/m0/s1. The van der Waals surface area contributed by atoms with Gasteiger partial charge in [0.1, 0.15) is 6.10 Å². The van der Waals surface area contributed by atoms with Crippen LogP contribution in [0, 0.1) is 5.41 Å². The Hall–Kier alpha value is -1.32. The molecule has 1 atom stereocenters. The van der Waals surface area contributed by atoms with Crippen LogP contribution in [0.3, 0.4) is 0 Å². The highest BCUT2D eigenvalue weighted by Gasteiger charge is 2.76. The van der Waals surface area contributed by atoms with Crippen LogP contribution in [-0.2, 0) is 12.6 Å². The Morgan fingerprint density at radius 2 is 1.70 bits per heavy atom. The molecule has 1 heterocycles. The minimum absolute atomic E-state index is 0.0902. The van der Waals surface area contributed by atoms with Crippen molar-refractivity contribution in [1.29, 1.82) is 0 Å². The fourth-order valence-corrected chi connectivity index (χ4v) is 3.83. The lowest BCUT2D eigenvalue weighted by molar-refractivity contribution is -0.147. The third kappa shape index (κ3) is 1.84. The van der Waals surface area contributed by atoms with Gasteiger partial charge in [-0.3, -0.25) is 4.68 Å². The highest BCUT2D eigenvalue weighted by molar-refractivity contribution is 5.39. The molecule has 3 aliphatic carbocycles. The summed E-state index contributed by atoms with van der Waals surface area (Å²) in [5, 5.41) is 12.8. The third-order valence-corrected chi connectivity index (χ3v) is 5.21. The molecule has 3 aliphatic rings. The topological polar surface area (TPSA) is 38.1 Å². The van der Waals surface area contributed by atoms with Crippen molar-refractivity contribution in [3.8, 4) is 0 Å². The van der Waals surface area contributed by atoms with Crippen molar-refractivity contribution >= 4 is 0 Å². The predicted molar refractivity (Wildman–Crippen MR) is 61.1 cm³/mol. The molecule has 1 aromatic rings. The van der Waals surface area contributed by atoms with Gasteiger partial charge in [0.05, 0.1) is 18.2 Å². The summed E-state index contributed by atoms with van der Waals surface area (Å²) < 4.78 is 93.4. The Kier molecular flexibility index (Phi) is 2.54. The Morgan fingerprint density at radius 3 is 2.17 bits per heavy atom. The summed E-state index contributed by atoms with van der Waals surface area (Å²) in [5.41, 5.74) is -4.10. The van der Waals surface area contributed by atoms with Crippen LogP contribution in [0.4, 0.5) is 30.7 Å². The molecule has 1 spiro atoms. The van der Waals surface area contributed by atoms with Crippen LogP contribution in [0.1, 0.15) is 48.4 Å². The molecule has 0 radical (unpaired) electrons. The molecule has 10 heteroatoms. The number of hydrogen-bond acceptors (Lipinski definition) is 2. The van der Waals surface area contributed by atoms with E-state index >= 15 is 0 Å². The van der Waals surface area contributed by atoms with Gasteiger partial charge in [0.15, 0.2) is 5.69 Å². The second-order valence-corrected chi connectivity index (χ2v) is 6.72. The van der Waals surface area contributed by atoms with Crippen molar-refractivity contribution in [1.82, 2.24) is 9.78 Å². The maximum atomic E-state index is 13.6. The van der Waals surface area contributed by atoms with Gasteiger partial charge < -0.3 is 5.11 Å². The lowest BCUT2D eigenvalue weighted by Crippen LogP contribution is -2.34. The molecular formula is C13H11F7N2O. The average Bonchev–Trinajstić information content (AvgIpc) is 2.64. The van der Waals surface area contributed by atoms with Crippen LogP contribution >= 0.6 is 0 Å². The van der Waals surface area contributed by atoms with E-state index in [-0.39, 0.29) is 19.3 Å². The molecular weight excluding hydrogens is 333 g/mol. The van der Waals surface area contributed by atoms with Crippen molar-refractivity contribution in [2.24, 2.45) is 5.41 Å². The first-order chi connectivity index (χ1) is 10.4. The summed E-state index contributed by atoms with van der Waals surface area (Å²) in [4.78, 5) is 0. The van der Waals surface area contributed by atoms with Crippen LogP contribution in [0.25, 0.3) is 0 Å². The van der Waals surface area contributed by atoms with E-state index in [0.717, 1.165) is 4.68 Å². The van der Waals surface area contributed by atoms with Gasteiger partial charge in [-0.25, -0.2) is 17.6 Å². The number of rotatable bonds is 1. The zero-order valence-corrected chi connectivity index (χ0v) is 11.5. The van der Waals surface area contributed by atoms with E-state index < -0.39 is 59.0 Å². The van der Waals surface area contributed by atoms with E-state index in [2.05, 4.69) is 5.10 Å². The van der Waals surface area contributed by atoms with Crippen molar-refractivity contribution in [2.75, 3.05) is 0 Å². The van der Waals surface area contributed by atoms with E-state index in [4.69, 9.17) is 0 Å². The molecule has 0 aliphatic heterocycles. The lowest BCUT2D eigenvalue weighted by atomic mass is 9.76. The smallest absolute Gasteiger partial charge is 0.382 e. The number of fused-ring (bicyclic) bond motifs is 1. The largest absolute Gasteiger partial charge is 0.435 e. The molecule has 128 valence electrons. The Balaban J connectivity index is 1.72. The van der Waals surface area contributed by atoms with E-state index in [0.29, 0.717) is 0 Å². The molecule has 0 aromatic carbocycles. The van der Waals surface area contributed by atoms with Crippen molar-refractivity contribution in [3.05, 3.63) is 17.0 Å². The Labute approximate surface area is 125 Å². The maximum Gasteiger partial charge on any atom is 0.435 e. The predicted octanol–water partition coefficient (Wildman–Crippen LogP) is 3.49. The zero-order chi connectivity index (χ0) is 17.0. The monoisotopic (exact) mass is 344 g/mol. The van der Waals surface area contributed by atoms with Gasteiger partial charge in [-0.05, 0) is 12.8 Å². The minimum Gasteiger partial charge on any atom is -0.382 e. The first kappa shape index (κ1) is 15.2. The molecule has 2 fully saturated rings. The molecule has 0 bridgehead atoms. The SMILES string of the molecule is O[C@H]1c2c(C(F)(F)F)nn([C@H]3C[C@]4(CC4(F)F)C3)c2CC1(F)F. The fraction of sp³-hybridized carbons (Fsp3) is 0.769. The highest BCUT2D eigenvalue weighted by atomic mass is 19.4. The molecule has 23 heavy (non-hydrogen) atoms. The summed E-state index contributed by atoms with van der Waals surface area (Å²) in [6.07, 6.45) is -9.17. The van der Waals surface area contributed by atoms with Crippen LogP contribution < -0.4 is 0 Å². The maximum absolute atomic E-state index is 13.6. The summed E-state index contributed by atoms with van der Waals surface area (Å²) >= 11 is 0. The third-order valence-electron chi connectivity index (χ3n) is 5.21. The normalized spacial score (nSPS) is 36.9. The summed E-state index contributed by atoms with van der Waals surface area (Å²) in [6, 6.07) is -0.769. The van der Waals surface area contributed by atoms with Crippen molar-refractivity contribution in [3.63, 3.8) is 0 Å². The van der Waals surface area contributed by atoms with Crippen LogP contribution in [-0.4, -0.2) is 26.7 Å². The summed E-state index contributed by atoms with van der Waals surface area (Å²) in [7, 11) is 0. The van der Waals surface area contributed by atoms with Crippen LogP contribution in [0.2, 0.25) is 0 Å². The molecule has 1 aromatic heterocycles. The van der Waals surface area contributed by atoms with Gasteiger partial charge in [-0.1, -0.05) is 0 Å². The first-order valence-corrected chi connectivity index (χ1v) is 7.00. The Morgan fingerprint density at radius 1 is 1.13 bits per heavy atom. The highest BCUT2D eigenvalue weighted by Crippen LogP contribution is 2.74. The molecule has 0 unspecified atom stereocenters. The van der Waals surface area contributed by atoms with Gasteiger partial charge in [0.25, 0.3) is 11.8 Å². The summed E-state index contributed by atoms with van der Waals surface area (Å²) in [5.74, 6) is -6.56. The zero-order valence-electron chi connectivity index (χ0n) is 11.5. The quantitative estimate of drug-likeness (QED) is 0.792. The number of aliphatic hydroxyl groups excluding tert-OH is 1. The van der Waals surface area contributed by atoms with Crippen LogP contribution in [0.5, 0.6) is 0 Å². The fourth-order valence-electron chi connectivity index (χ4n) is 3.83. The van der Waals surface area contributed by atoms with E-state index in [1.54, 1.807) is 0 Å². The van der Waals surface area contributed by atoms with E-state index in [1.165, 1.54) is 0 Å². The van der Waals surface area contributed by atoms with E-state index in [1.807, 2.05) is 0 Å². The molecule has 3 nitrogen and oxygen atoms in total. The molecule has 4 rings (SSSR count). The number of aromatic nitrogens is 2. The van der Waals surface area contributed by atoms with Gasteiger partial charge in [0.2, 0.25) is 0 Å². The van der Waals surface area contributed by atoms with Crippen molar-refractivity contribution < 1.29 is 35.8 Å². The second kappa shape index (κ2) is 3.84. The summed E-state index contributed by atoms with van der Waals surface area (Å²) in [6.45, 7) is 0. The molecule has 0 amide bonds.